The van der Waals surface area contributed by atoms with Crippen molar-refractivity contribution in [3.8, 4) is 0 Å². The second-order valence-corrected chi connectivity index (χ2v) is 3.88. The van der Waals surface area contributed by atoms with Gasteiger partial charge in [-0.15, -0.1) is 0 Å². The van der Waals surface area contributed by atoms with E-state index in [0.29, 0.717) is 5.92 Å². The highest BCUT2D eigenvalue weighted by Crippen LogP contribution is 2.20. The smallest absolute Gasteiger partial charge is 0.0235 e. The van der Waals surface area contributed by atoms with Crippen LogP contribution in [0.1, 0.15) is 47.0 Å². The van der Waals surface area contributed by atoms with Crippen molar-refractivity contribution in [3.05, 3.63) is 12.2 Å². The van der Waals surface area contributed by atoms with Crippen LogP contribution in [0.3, 0.4) is 0 Å². The average Bonchev–Trinajstić information content (AvgIpc) is 1.87. The van der Waals surface area contributed by atoms with E-state index in [4.69, 9.17) is 0 Å². The van der Waals surface area contributed by atoms with Crippen LogP contribution in [0.4, 0.5) is 0 Å². The molecule has 0 amide bonds. The second kappa shape index (κ2) is 5.40. The molecule has 11 heavy (non-hydrogen) atoms. The zero-order valence-electron chi connectivity index (χ0n) is 8.48. The first-order valence-corrected chi connectivity index (χ1v) is 4.73. The van der Waals surface area contributed by atoms with Gasteiger partial charge in [0.15, 0.2) is 0 Å². The van der Waals surface area contributed by atoms with Crippen LogP contribution in [-0.2, 0) is 0 Å². The van der Waals surface area contributed by atoms with Crippen LogP contribution in [0.25, 0.3) is 0 Å². The maximum absolute atomic E-state index is 3.97. The fourth-order valence-electron chi connectivity index (χ4n) is 1.42. The number of rotatable bonds is 5. The summed E-state index contributed by atoms with van der Waals surface area (Å²) in [4.78, 5) is 0. The van der Waals surface area contributed by atoms with E-state index in [9.17, 15) is 0 Å². The van der Waals surface area contributed by atoms with Crippen LogP contribution in [0.2, 0.25) is 0 Å². The molecular formula is C11H22. The molecule has 0 aromatic rings. The SMILES string of the molecule is C=C(C)[C@@H](C)C[C@H](C)CCC. The van der Waals surface area contributed by atoms with Crippen molar-refractivity contribution in [2.24, 2.45) is 11.8 Å². The van der Waals surface area contributed by atoms with Gasteiger partial charge in [-0.05, 0) is 25.2 Å². The van der Waals surface area contributed by atoms with Gasteiger partial charge in [0.1, 0.15) is 0 Å². The van der Waals surface area contributed by atoms with Gasteiger partial charge in [-0.3, -0.25) is 0 Å². The Bertz CT molecular complexity index is 113. The average molecular weight is 154 g/mol. The molecular weight excluding hydrogens is 132 g/mol. The van der Waals surface area contributed by atoms with E-state index in [-0.39, 0.29) is 0 Å². The molecule has 0 spiro atoms. The molecule has 0 saturated carbocycles. The first-order chi connectivity index (χ1) is 5.07. The van der Waals surface area contributed by atoms with E-state index in [0.717, 1.165) is 5.92 Å². The predicted molar refractivity (Wildman–Crippen MR) is 52.7 cm³/mol. The molecule has 2 atom stereocenters. The Morgan fingerprint density at radius 1 is 1.36 bits per heavy atom. The molecule has 0 heterocycles. The molecule has 66 valence electrons. The summed E-state index contributed by atoms with van der Waals surface area (Å²) >= 11 is 0. The summed E-state index contributed by atoms with van der Waals surface area (Å²) in [6.45, 7) is 13.0. The summed E-state index contributed by atoms with van der Waals surface area (Å²) in [5.41, 5.74) is 1.33. The molecule has 0 aliphatic rings. The predicted octanol–water partition coefficient (Wildman–Crippen LogP) is 4.02. The molecule has 0 aromatic heterocycles. The Labute approximate surface area is 71.7 Å². The summed E-state index contributed by atoms with van der Waals surface area (Å²) in [5.74, 6) is 1.57. The third-order valence-electron chi connectivity index (χ3n) is 2.38. The van der Waals surface area contributed by atoms with Gasteiger partial charge in [0, 0.05) is 0 Å². The van der Waals surface area contributed by atoms with Crippen molar-refractivity contribution in [1.82, 2.24) is 0 Å². The van der Waals surface area contributed by atoms with Crippen molar-refractivity contribution in [3.63, 3.8) is 0 Å². The minimum Gasteiger partial charge on any atom is -0.0999 e. The molecule has 0 aromatic carbocycles. The van der Waals surface area contributed by atoms with Gasteiger partial charge in [0.05, 0.1) is 0 Å². The fourth-order valence-corrected chi connectivity index (χ4v) is 1.42. The van der Waals surface area contributed by atoms with Gasteiger partial charge in [-0.1, -0.05) is 45.8 Å². The van der Waals surface area contributed by atoms with Crippen LogP contribution in [-0.4, -0.2) is 0 Å². The fraction of sp³-hybridized carbons (Fsp3) is 0.818. The third-order valence-corrected chi connectivity index (χ3v) is 2.38. The van der Waals surface area contributed by atoms with Gasteiger partial charge in [-0.25, -0.2) is 0 Å². The summed E-state index contributed by atoms with van der Waals surface area (Å²) in [6, 6.07) is 0. The lowest BCUT2D eigenvalue weighted by Gasteiger charge is -2.16. The van der Waals surface area contributed by atoms with Crippen molar-refractivity contribution < 1.29 is 0 Å². The van der Waals surface area contributed by atoms with Gasteiger partial charge < -0.3 is 0 Å². The maximum atomic E-state index is 3.97. The third kappa shape index (κ3) is 5.06. The highest BCUT2D eigenvalue weighted by atomic mass is 14.1. The summed E-state index contributed by atoms with van der Waals surface area (Å²) in [6.07, 6.45) is 3.98. The summed E-state index contributed by atoms with van der Waals surface area (Å²) < 4.78 is 0. The largest absolute Gasteiger partial charge is 0.0999 e. The standard InChI is InChI=1S/C11H22/c1-6-7-10(4)8-11(5)9(2)3/h10-11H,2,6-8H2,1,3-5H3/t10-,11+/m1/s1. The zero-order valence-corrected chi connectivity index (χ0v) is 8.48. The molecule has 0 N–H and O–H groups in total. The lowest BCUT2D eigenvalue weighted by Crippen LogP contribution is -2.03. The Morgan fingerprint density at radius 3 is 2.27 bits per heavy atom. The Hall–Kier alpha value is -0.260. The van der Waals surface area contributed by atoms with Crippen molar-refractivity contribution in [1.29, 1.82) is 0 Å². The first kappa shape index (κ1) is 10.7. The molecule has 0 aliphatic heterocycles. The Kier molecular flexibility index (Phi) is 5.27. The number of hydrogen-bond acceptors (Lipinski definition) is 0. The minimum absolute atomic E-state index is 0.705. The van der Waals surface area contributed by atoms with Gasteiger partial charge >= 0.3 is 0 Å². The van der Waals surface area contributed by atoms with E-state index in [1.165, 1.54) is 24.8 Å². The Morgan fingerprint density at radius 2 is 1.91 bits per heavy atom. The first-order valence-electron chi connectivity index (χ1n) is 4.73. The van der Waals surface area contributed by atoms with Crippen LogP contribution in [0.15, 0.2) is 12.2 Å². The maximum Gasteiger partial charge on any atom is -0.0235 e. The van der Waals surface area contributed by atoms with Gasteiger partial charge in [0.25, 0.3) is 0 Å². The highest BCUT2D eigenvalue weighted by molar-refractivity contribution is 4.94. The molecule has 0 radical (unpaired) electrons. The molecule has 0 heteroatoms. The molecule has 0 fully saturated rings. The highest BCUT2D eigenvalue weighted by Gasteiger charge is 2.07. The van der Waals surface area contributed by atoms with Crippen LogP contribution in [0, 0.1) is 11.8 Å². The summed E-state index contributed by atoms with van der Waals surface area (Å²) in [5, 5.41) is 0. The van der Waals surface area contributed by atoms with Gasteiger partial charge in [0.2, 0.25) is 0 Å². The normalized spacial score (nSPS) is 16.0. The van der Waals surface area contributed by atoms with Crippen LogP contribution < -0.4 is 0 Å². The molecule has 0 saturated heterocycles. The molecule has 0 bridgehead atoms. The lowest BCUT2D eigenvalue weighted by molar-refractivity contribution is 0.424. The zero-order chi connectivity index (χ0) is 8.85. The van der Waals surface area contributed by atoms with E-state index in [1.54, 1.807) is 0 Å². The lowest BCUT2D eigenvalue weighted by atomic mass is 9.90. The molecule has 0 unspecified atom stereocenters. The van der Waals surface area contributed by atoms with Crippen molar-refractivity contribution >= 4 is 0 Å². The monoisotopic (exact) mass is 154 g/mol. The summed E-state index contributed by atoms with van der Waals surface area (Å²) in [7, 11) is 0. The van der Waals surface area contributed by atoms with E-state index >= 15 is 0 Å². The minimum atomic E-state index is 0.705. The Balaban J connectivity index is 3.56. The number of hydrogen-bond donors (Lipinski definition) is 0. The molecule has 0 nitrogen and oxygen atoms in total. The quantitative estimate of drug-likeness (QED) is 0.524. The topological polar surface area (TPSA) is 0 Å². The molecule has 0 rings (SSSR count). The van der Waals surface area contributed by atoms with Crippen molar-refractivity contribution in [2.45, 2.75) is 47.0 Å². The van der Waals surface area contributed by atoms with E-state index in [1.807, 2.05) is 0 Å². The van der Waals surface area contributed by atoms with Crippen molar-refractivity contribution in [2.75, 3.05) is 0 Å². The van der Waals surface area contributed by atoms with Gasteiger partial charge in [-0.2, -0.15) is 0 Å². The molecule has 0 aliphatic carbocycles. The van der Waals surface area contributed by atoms with E-state index in [2.05, 4.69) is 34.3 Å². The van der Waals surface area contributed by atoms with E-state index < -0.39 is 0 Å². The van der Waals surface area contributed by atoms with Crippen LogP contribution in [0.5, 0.6) is 0 Å². The number of allylic oxidation sites excluding steroid dienone is 1. The van der Waals surface area contributed by atoms with Crippen LogP contribution >= 0.6 is 0 Å². The second-order valence-electron chi connectivity index (χ2n) is 3.88.